The van der Waals surface area contributed by atoms with E-state index >= 15 is 0 Å². The maximum atomic E-state index is 10.7. The van der Waals surface area contributed by atoms with E-state index in [0.29, 0.717) is 4.09 Å². The van der Waals surface area contributed by atoms with Crippen LogP contribution in [0.1, 0.15) is 0 Å². The molecule has 0 aliphatic rings. The first-order valence-corrected chi connectivity index (χ1v) is 5.76. The van der Waals surface area contributed by atoms with Crippen LogP contribution in [-0.4, -0.2) is 14.0 Å². The Balaban J connectivity index is 3.02. The molecule has 0 aliphatic heterocycles. The summed E-state index contributed by atoms with van der Waals surface area (Å²) in [6, 6.07) is 0. The molecule has 0 amide bonds. The van der Waals surface area contributed by atoms with Gasteiger partial charge in [0.05, 0.1) is 10.0 Å². The Bertz CT molecular complexity index is 653. The first-order valence-electron chi connectivity index (χ1n) is 3.91. The number of nitro groups is 1. The van der Waals surface area contributed by atoms with E-state index in [4.69, 9.17) is 58.2 Å². The van der Waals surface area contributed by atoms with Crippen molar-refractivity contribution >= 4 is 75.2 Å². The van der Waals surface area contributed by atoms with Gasteiger partial charge in [-0.15, -0.1) is 4.09 Å². The topological polar surface area (TPSA) is 61.0 Å². The highest BCUT2D eigenvalue weighted by molar-refractivity contribution is 6.55. The molecule has 0 radical (unpaired) electrons. The second-order valence-electron chi connectivity index (χ2n) is 2.90. The minimum atomic E-state index is -0.776. The second kappa shape index (κ2) is 4.33. The van der Waals surface area contributed by atoms with Gasteiger partial charge in [-0.2, -0.15) is 0 Å². The largest absolute Gasteiger partial charge is 0.452 e. The van der Waals surface area contributed by atoms with Gasteiger partial charge in [0.25, 0.3) is 0 Å². The maximum absolute atomic E-state index is 10.7. The van der Waals surface area contributed by atoms with Gasteiger partial charge in [0.15, 0.2) is 5.52 Å². The molecule has 0 N–H and O–H groups in total. The lowest BCUT2D eigenvalue weighted by Gasteiger charge is -2.00. The SMILES string of the molecule is O=[N+]([O-])c1nc2c(Cl)c(Cl)c(Cl)c(Cl)c2n1Cl. The van der Waals surface area contributed by atoms with Gasteiger partial charge in [-0.1, -0.05) is 51.4 Å². The highest BCUT2D eigenvalue weighted by Crippen LogP contribution is 2.44. The normalized spacial score (nSPS) is 11.1. The van der Waals surface area contributed by atoms with Crippen LogP contribution < -0.4 is 0 Å². The van der Waals surface area contributed by atoms with Gasteiger partial charge in [0.1, 0.15) is 21.8 Å². The number of aromatic nitrogens is 2. The summed E-state index contributed by atoms with van der Waals surface area (Å²) in [5.74, 6) is -0.621. The fraction of sp³-hybridized carbons (Fsp3) is 0. The van der Waals surface area contributed by atoms with Crippen LogP contribution in [-0.2, 0) is 0 Å². The zero-order chi connectivity index (χ0) is 12.9. The summed E-state index contributed by atoms with van der Waals surface area (Å²) in [6.07, 6.45) is 0. The third-order valence-electron chi connectivity index (χ3n) is 1.97. The van der Waals surface area contributed by atoms with Crippen LogP contribution in [0.2, 0.25) is 20.1 Å². The first-order chi connectivity index (χ1) is 7.86. The van der Waals surface area contributed by atoms with Gasteiger partial charge in [-0.3, -0.25) is 0 Å². The van der Waals surface area contributed by atoms with E-state index in [2.05, 4.69) is 4.98 Å². The molecule has 17 heavy (non-hydrogen) atoms. The summed E-state index contributed by atoms with van der Waals surface area (Å²) in [6.45, 7) is 0. The molecule has 2 rings (SSSR count). The molecule has 0 saturated carbocycles. The van der Waals surface area contributed by atoms with E-state index < -0.39 is 10.9 Å². The van der Waals surface area contributed by atoms with Crippen LogP contribution in [0.15, 0.2) is 0 Å². The van der Waals surface area contributed by atoms with Crippen molar-refractivity contribution in [3.05, 3.63) is 30.2 Å². The van der Waals surface area contributed by atoms with Gasteiger partial charge in [-0.25, -0.2) is 0 Å². The average molecular weight is 335 g/mol. The number of halogens is 5. The van der Waals surface area contributed by atoms with Crippen LogP contribution in [0.5, 0.6) is 0 Å². The Morgan fingerprint density at radius 3 is 2.12 bits per heavy atom. The zero-order valence-electron chi connectivity index (χ0n) is 7.55. The summed E-state index contributed by atoms with van der Waals surface area (Å²) in [7, 11) is 0. The quantitative estimate of drug-likeness (QED) is 0.332. The molecule has 0 spiro atoms. The summed E-state index contributed by atoms with van der Waals surface area (Å²) in [5, 5.41) is 10.5. The van der Waals surface area contributed by atoms with E-state index in [0.717, 1.165) is 0 Å². The third kappa shape index (κ3) is 1.82. The van der Waals surface area contributed by atoms with Crippen molar-refractivity contribution in [3.63, 3.8) is 0 Å². The van der Waals surface area contributed by atoms with E-state index in [1.165, 1.54) is 0 Å². The average Bonchev–Trinajstić information content (AvgIpc) is 2.62. The standard InChI is InChI=1S/C7Cl5N3O2/c8-1-2(9)4(11)6-5(3(1)10)13-7(14(6)12)15(16)17. The van der Waals surface area contributed by atoms with Crippen molar-refractivity contribution in [2.45, 2.75) is 0 Å². The lowest BCUT2D eigenvalue weighted by atomic mass is 10.3. The predicted molar refractivity (Wildman–Crippen MR) is 67.7 cm³/mol. The molecule has 90 valence electrons. The lowest BCUT2D eigenvalue weighted by Crippen LogP contribution is -1.94. The number of imidazole rings is 1. The Morgan fingerprint density at radius 2 is 1.59 bits per heavy atom. The van der Waals surface area contributed by atoms with Gasteiger partial charge < -0.3 is 10.1 Å². The Kier molecular flexibility index (Phi) is 3.31. The molecule has 0 aliphatic carbocycles. The Labute approximate surface area is 119 Å². The summed E-state index contributed by atoms with van der Waals surface area (Å²) in [5.41, 5.74) is 0.0622. The number of rotatable bonds is 1. The smallest absolute Gasteiger partial charge is 0.390 e. The van der Waals surface area contributed by atoms with Gasteiger partial charge in [0.2, 0.25) is 5.52 Å². The highest BCUT2D eigenvalue weighted by atomic mass is 35.5. The number of hydrogen-bond acceptors (Lipinski definition) is 3. The summed E-state index contributed by atoms with van der Waals surface area (Å²) >= 11 is 29.1. The predicted octanol–water partition coefficient (Wildman–Crippen LogP) is 4.56. The van der Waals surface area contributed by atoms with Crippen LogP contribution in [0, 0.1) is 10.1 Å². The number of benzene rings is 1. The molecule has 0 unspecified atom stereocenters. The van der Waals surface area contributed by atoms with Crippen LogP contribution in [0.3, 0.4) is 0 Å². The molecule has 2 aromatic rings. The van der Waals surface area contributed by atoms with Crippen molar-refractivity contribution in [1.82, 2.24) is 9.07 Å². The van der Waals surface area contributed by atoms with E-state index in [1.54, 1.807) is 0 Å². The monoisotopic (exact) mass is 333 g/mol. The number of nitrogens with zero attached hydrogens (tertiary/aromatic N) is 3. The summed E-state index contributed by atoms with van der Waals surface area (Å²) in [4.78, 5) is 13.5. The van der Waals surface area contributed by atoms with Gasteiger partial charge in [0, 0.05) is 0 Å². The number of fused-ring (bicyclic) bond motifs is 1. The molecular formula is C7Cl5N3O2. The molecule has 10 heteroatoms. The lowest BCUT2D eigenvalue weighted by molar-refractivity contribution is -0.394. The molecular weight excluding hydrogens is 335 g/mol. The minimum Gasteiger partial charge on any atom is -0.390 e. The van der Waals surface area contributed by atoms with Crippen molar-refractivity contribution in [2.24, 2.45) is 0 Å². The van der Waals surface area contributed by atoms with Crippen LogP contribution in [0.4, 0.5) is 5.95 Å². The molecule has 0 fully saturated rings. The van der Waals surface area contributed by atoms with Crippen LogP contribution in [0.25, 0.3) is 11.0 Å². The van der Waals surface area contributed by atoms with Crippen molar-refractivity contribution in [3.8, 4) is 0 Å². The number of hydrogen-bond donors (Lipinski definition) is 0. The zero-order valence-corrected chi connectivity index (χ0v) is 11.3. The van der Waals surface area contributed by atoms with E-state index in [9.17, 15) is 10.1 Å². The first kappa shape index (κ1) is 13.0. The summed E-state index contributed by atoms with van der Waals surface area (Å²) < 4.78 is 0.672. The highest BCUT2D eigenvalue weighted by Gasteiger charge is 2.29. The molecule has 0 bridgehead atoms. The molecule has 0 atom stereocenters. The minimum absolute atomic E-state index is 0.0211. The van der Waals surface area contributed by atoms with Crippen molar-refractivity contribution < 1.29 is 4.92 Å². The maximum Gasteiger partial charge on any atom is 0.452 e. The fourth-order valence-electron chi connectivity index (χ4n) is 1.25. The third-order valence-corrected chi connectivity index (χ3v) is 4.07. The van der Waals surface area contributed by atoms with Gasteiger partial charge >= 0.3 is 5.95 Å². The van der Waals surface area contributed by atoms with Gasteiger partial charge in [-0.05, 0) is 4.92 Å². The van der Waals surface area contributed by atoms with Crippen molar-refractivity contribution in [1.29, 1.82) is 0 Å². The molecule has 0 saturated heterocycles. The fourth-order valence-corrected chi connectivity index (χ4v) is 2.51. The molecule has 5 nitrogen and oxygen atoms in total. The Hall–Kier alpha value is -0.460. The van der Waals surface area contributed by atoms with Crippen LogP contribution >= 0.6 is 58.2 Å². The van der Waals surface area contributed by atoms with E-state index in [-0.39, 0.29) is 31.1 Å². The molecule has 1 aromatic carbocycles. The second-order valence-corrected chi connectivity index (χ2v) is 4.75. The molecule has 1 heterocycles. The Morgan fingerprint density at radius 1 is 1.06 bits per heavy atom. The van der Waals surface area contributed by atoms with E-state index in [1.807, 2.05) is 0 Å². The molecule has 1 aromatic heterocycles. The van der Waals surface area contributed by atoms with Crippen molar-refractivity contribution in [2.75, 3.05) is 0 Å².